The van der Waals surface area contributed by atoms with Crippen molar-refractivity contribution >= 4 is 27.3 Å². The minimum absolute atomic E-state index is 0.661. The molecular formula is C17H18BrN3. The molecule has 0 fully saturated rings. The standard InChI is InChI=1S/C17H18BrN3/c1-21(14-7-3-2-4-8-14)12-6-11-20-17-10-5-9-16(18)15(17)13-19/h2-5,7-10,20H,6,11-12H2,1H3. The van der Waals surface area contributed by atoms with Crippen molar-refractivity contribution in [3.05, 3.63) is 58.6 Å². The fourth-order valence-electron chi connectivity index (χ4n) is 2.14. The lowest BCUT2D eigenvalue weighted by Gasteiger charge is -2.19. The van der Waals surface area contributed by atoms with E-state index in [1.165, 1.54) is 5.69 Å². The summed E-state index contributed by atoms with van der Waals surface area (Å²) < 4.78 is 0.830. The highest BCUT2D eigenvalue weighted by Gasteiger charge is 2.05. The number of benzene rings is 2. The van der Waals surface area contributed by atoms with E-state index in [4.69, 9.17) is 5.26 Å². The lowest BCUT2D eigenvalue weighted by atomic mass is 10.2. The molecule has 0 aliphatic carbocycles. The molecule has 21 heavy (non-hydrogen) atoms. The molecule has 3 nitrogen and oxygen atoms in total. The Morgan fingerprint density at radius 2 is 1.90 bits per heavy atom. The molecule has 1 N–H and O–H groups in total. The van der Waals surface area contributed by atoms with Crippen LogP contribution in [0.2, 0.25) is 0 Å². The average Bonchev–Trinajstić information content (AvgIpc) is 2.52. The van der Waals surface area contributed by atoms with Crippen LogP contribution in [-0.2, 0) is 0 Å². The van der Waals surface area contributed by atoms with Crippen LogP contribution in [0.25, 0.3) is 0 Å². The highest BCUT2D eigenvalue weighted by molar-refractivity contribution is 9.10. The number of hydrogen-bond donors (Lipinski definition) is 1. The molecule has 0 radical (unpaired) electrons. The van der Waals surface area contributed by atoms with Crippen LogP contribution in [0.4, 0.5) is 11.4 Å². The van der Waals surface area contributed by atoms with Crippen molar-refractivity contribution < 1.29 is 0 Å². The monoisotopic (exact) mass is 343 g/mol. The molecule has 0 aromatic heterocycles. The molecule has 0 aliphatic rings. The molecule has 0 spiro atoms. The van der Waals surface area contributed by atoms with Gasteiger partial charge in [-0.1, -0.05) is 24.3 Å². The van der Waals surface area contributed by atoms with Crippen LogP contribution in [-0.4, -0.2) is 20.1 Å². The predicted molar refractivity (Wildman–Crippen MR) is 91.7 cm³/mol. The second kappa shape index (κ2) is 7.70. The molecule has 0 unspecified atom stereocenters. The predicted octanol–water partition coefficient (Wildman–Crippen LogP) is 4.26. The number of nitrogens with one attached hydrogen (secondary N) is 1. The van der Waals surface area contributed by atoms with Gasteiger partial charge in [-0.2, -0.15) is 5.26 Å². The van der Waals surface area contributed by atoms with E-state index in [1.807, 2.05) is 36.4 Å². The second-order valence-corrected chi connectivity index (χ2v) is 5.67. The lowest BCUT2D eigenvalue weighted by molar-refractivity contribution is 0.816. The maximum atomic E-state index is 9.16. The van der Waals surface area contributed by atoms with E-state index in [9.17, 15) is 0 Å². The summed E-state index contributed by atoms with van der Waals surface area (Å²) in [5, 5.41) is 12.5. The van der Waals surface area contributed by atoms with Crippen molar-refractivity contribution in [2.45, 2.75) is 6.42 Å². The van der Waals surface area contributed by atoms with Crippen molar-refractivity contribution in [1.29, 1.82) is 5.26 Å². The number of hydrogen-bond acceptors (Lipinski definition) is 3. The van der Waals surface area contributed by atoms with Crippen LogP contribution in [0.15, 0.2) is 53.0 Å². The largest absolute Gasteiger partial charge is 0.384 e. The van der Waals surface area contributed by atoms with Crippen LogP contribution in [0.3, 0.4) is 0 Å². The number of anilines is 2. The van der Waals surface area contributed by atoms with E-state index < -0.39 is 0 Å². The van der Waals surface area contributed by atoms with Gasteiger partial charge in [0.05, 0.1) is 11.3 Å². The Balaban J connectivity index is 1.83. The first-order chi connectivity index (χ1) is 10.2. The third-order valence-electron chi connectivity index (χ3n) is 3.31. The van der Waals surface area contributed by atoms with Crippen molar-refractivity contribution in [2.24, 2.45) is 0 Å². The SMILES string of the molecule is CN(CCCNc1cccc(Br)c1C#N)c1ccccc1. The van der Waals surface area contributed by atoms with E-state index in [2.05, 4.69) is 51.4 Å². The molecule has 4 heteroatoms. The molecular weight excluding hydrogens is 326 g/mol. The second-order valence-electron chi connectivity index (χ2n) is 4.81. The zero-order valence-electron chi connectivity index (χ0n) is 12.0. The van der Waals surface area contributed by atoms with Gasteiger partial charge in [0.25, 0.3) is 0 Å². The Labute approximate surface area is 134 Å². The summed E-state index contributed by atoms with van der Waals surface area (Å²) in [5.41, 5.74) is 2.76. The first kappa shape index (κ1) is 15.4. The van der Waals surface area contributed by atoms with Gasteiger partial charge in [-0.25, -0.2) is 0 Å². The lowest BCUT2D eigenvalue weighted by Crippen LogP contribution is -2.20. The summed E-state index contributed by atoms with van der Waals surface area (Å²) in [4.78, 5) is 2.23. The summed E-state index contributed by atoms with van der Waals surface area (Å²) >= 11 is 3.40. The van der Waals surface area contributed by atoms with E-state index in [0.29, 0.717) is 5.56 Å². The van der Waals surface area contributed by atoms with Gasteiger partial charge in [0.2, 0.25) is 0 Å². The average molecular weight is 344 g/mol. The minimum atomic E-state index is 0.661. The Kier molecular flexibility index (Phi) is 5.65. The molecule has 0 saturated heterocycles. The van der Waals surface area contributed by atoms with E-state index in [0.717, 1.165) is 29.7 Å². The van der Waals surface area contributed by atoms with Crippen LogP contribution >= 0.6 is 15.9 Å². The molecule has 0 heterocycles. The Morgan fingerprint density at radius 1 is 1.14 bits per heavy atom. The number of nitrogens with zero attached hydrogens (tertiary/aromatic N) is 2. The topological polar surface area (TPSA) is 39.1 Å². The first-order valence-corrected chi connectivity index (χ1v) is 7.70. The van der Waals surface area contributed by atoms with Crippen molar-refractivity contribution in [1.82, 2.24) is 0 Å². The number of para-hydroxylation sites is 1. The minimum Gasteiger partial charge on any atom is -0.384 e. The fourth-order valence-corrected chi connectivity index (χ4v) is 2.59. The van der Waals surface area contributed by atoms with Gasteiger partial charge in [0.15, 0.2) is 0 Å². The quantitative estimate of drug-likeness (QED) is 0.796. The van der Waals surface area contributed by atoms with Crippen LogP contribution in [0.1, 0.15) is 12.0 Å². The van der Waals surface area contributed by atoms with Gasteiger partial charge in [-0.3, -0.25) is 0 Å². The van der Waals surface area contributed by atoms with E-state index in [-0.39, 0.29) is 0 Å². The van der Waals surface area contributed by atoms with Crippen LogP contribution in [0.5, 0.6) is 0 Å². The van der Waals surface area contributed by atoms with Crippen LogP contribution < -0.4 is 10.2 Å². The van der Waals surface area contributed by atoms with Gasteiger partial charge in [0, 0.05) is 30.3 Å². The molecule has 0 amide bonds. The van der Waals surface area contributed by atoms with E-state index in [1.54, 1.807) is 0 Å². The summed E-state index contributed by atoms with van der Waals surface area (Å²) in [6, 6.07) is 18.3. The van der Waals surface area contributed by atoms with Crippen LogP contribution in [0, 0.1) is 11.3 Å². The van der Waals surface area contributed by atoms with Gasteiger partial charge in [-0.15, -0.1) is 0 Å². The Bertz CT molecular complexity index is 620. The maximum Gasteiger partial charge on any atom is 0.103 e. The molecule has 0 atom stereocenters. The highest BCUT2D eigenvalue weighted by atomic mass is 79.9. The number of halogens is 1. The maximum absolute atomic E-state index is 9.16. The first-order valence-electron chi connectivity index (χ1n) is 6.91. The number of nitriles is 1. The summed E-state index contributed by atoms with van der Waals surface area (Å²) in [6.45, 7) is 1.80. The van der Waals surface area contributed by atoms with Gasteiger partial charge in [-0.05, 0) is 46.6 Å². The molecule has 108 valence electrons. The molecule has 2 aromatic carbocycles. The van der Waals surface area contributed by atoms with Crippen molar-refractivity contribution in [3.63, 3.8) is 0 Å². The van der Waals surface area contributed by atoms with Crippen molar-refractivity contribution in [3.8, 4) is 6.07 Å². The Morgan fingerprint density at radius 3 is 2.62 bits per heavy atom. The number of rotatable bonds is 6. The third-order valence-corrected chi connectivity index (χ3v) is 3.97. The molecule has 0 bridgehead atoms. The normalized spacial score (nSPS) is 9.95. The van der Waals surface area contributed by atoms with Gasteiger partial charge in [0.1, 0.15) is 6.07 Å². The van der Waals surface area contributed by atoms with Gasteiger partial charge >= 0.3 is 0 Å². The molecule has 0 aliphatic heterocycles. The molecule has 2 rings (SSSR count). The zero-order valence-corrected chi connectivity index (χ0v) is 13.6. The summed E-state index contributed by atoms with van der Waals surface area (Å²) in [5.74, 6) is 0. The zero-order chi connectivity index (χ0) is 15.1. The molecule has 0 saturated carbocycles. The van der Waals surface area contributed by atoms with Gasteiger partial charge < -0.3 is 10.2 Å². The summed E-state index contributed by atoms with van der Waals surface area (Å²) in [7, 11) is 2.09. The molecule has 2 aromatic rings. The highest BCUT2D eigenvalue weighted by Crippen LogP contribution is 2.23. The van der Waals surface area contributed by atoms with E-state index >= 15 is 0 Å². The Hall–Kier alpha value is -1.99. The smallest absolute Gasteiger partial charge is 0.103 e. The third kappa shape index (κ3) is 4.24. The summed E-state index contributed by atoms with van der Waals surface area (Å²) in [6.07, 6.45) is 1.00. The van der Waals surface area contributed by atoms with Crippen molar-refractivity contribution in [2.75, 3.05) is 30.4 Å². The fraction of sp³-hybridized carbons (Fsp3) is 0.235.